The van der Waals surface area contributed by atoms with Crippen molar-refractivity contribution >= 4 is 49.3 Å². The van der Waals surface area contributed by atoms with Crippen LogP contribution in [0.3, 0.4) is 0 Å². The minimum absolute atomic E-state index is 0.146. The molecule has 6 nitrogen and oxygen atoms in total. The number of hydrogen-bond donors (Lipinski definition) is 1. The van der Waals surface area contributed by atoms with Gasteiger partial charge in [-0.05, 0) is 36.4 Å². The molecule has 1 N–H and O–H groups in total. The Morgan fingerprint density at radius 1 is 1.19 bits per heavy atom. The maximum absolute atomic E-state index is 12.6. The topological polar surface area (TPSA) is 68.9 Å². The second kappa shape index (κ2) is 7.00. The Hall–Kier alpha value is -2.93. The summed E-state index contributed by atoms with van der Waals surface area (Å²) in [5, 5.41) is 4.46. The Balaban J connectivity index is 1.52. The van der Waals surface area contributed by atoms with Crippen molar-refractivity contribution in [3.05, 3.63) is 69.8 Å². The predicted octanol–water partition coefficient (Wildman–Crippen LogP) is 3.68. The lowest BCUT2D eigenvalue weighted by atomic mass is 10.2. The van der Waals surface area contributed by atoms with Gasteiger partial charge in [0.25, 0.3) is 5.56 Å². The predicted molar refractivity (Wildman–Crippen MR) is 110 cm³/mol. The van der Waals surface area contributed by atoms with Crippen molar-refractivity contribution < 1.29 is 4.79 Å². The maximum atomic E-state index is 12.6. The first kappa shape index (κ1) is 17.5. The van der Waals surface area contributed by atoms with E-state index in [9.17, 15) is 9.59 Å². The van der Waals surface area contributed by atoms with Crippen LogP contribution < -0.4 is 10.9 Å². The number of rotatable bonds is 4. The molecule has 1 amide bonds. The number of anilines is 1. The number of aryl methyl sites for hydroxylation is 2. The molecular formula is C20H17BrN4O2. The van der Waals surface area contributed by atoms with Crippen molar-refractivity contribution in [2.75, 3.05) is 5.32 Å². The van der Waals surface area contributed by atoms with Gasteiger partial charge in [-0.25, -0.2) is 4.98 Å². The number of carbonyl (C=O) groups excluding carboxylic acids is 1. The minimum atomic E-state index is -0.153. The van der Waals surface area contributed by atoms with Gasteiger partial charge in [-0.3, -0.25) is 14.2 Å². The summed E-state index contributed by atoms with van der Waals surface area (Å²) in [6.45, 7) is 0.269. The SMILES string of the molecule is Cn1ccc2c(NC(=O)CCn3cnc4ccc(Br)cc4c3=O)cccc21. The molecule has 0 saturated carbocycles. The van der Waals surface area contributed by atoms with E-state index in [-0.39, 0.29) is 24.4 Å². The van der Waals surface area contributed by atoms with E-state index < -0.39 is 0 Å². The van der Waals surface area contributed by atoms with Gasteiger partial charge >= 0.3 is 0 Å². The van der Waals surface area contributed by atoms with Gasteiger partial charge in [0.15, 0.2) is 0 Å². The summed E-state index contributed by atoms with van der Waals surface area (Å²) in [7, 11) is 1.96. The van der Waals surface area contributed by atoms with Crippen LogP contribution in [0.4, 0.5) is 5.69 Å². The molecule has 2 aromatic carbocycles. The van der Waals surface area contributed by atoms with Crippen molar-refractivity contribution in [3.8, 4) is 0 Å². The minimum Gasteiger partial charge on any atom is -0.350 e. The lowest BCUT2D eigenvalue weighted by molar-refractivity contribution is -0.116. The highest BCUT2D eigenvalue weighted by atomic mass is 79.9. The normalized spacial score (nSPS) is 11.2. The van der Waals surface area contributed by atoms with E-state index in [4.69, 9.17) is 0 Å². The van der Waals surface area contributed by atoms with Crippen LogP contribution in [-0.2, 0) is 18.4 Å². The Kier molecular flexibility index (Phi) is 4.53. The van der Waals surface area contributed by atoms with Gasteiger partial charge in [-0.2, -0.15) is 0 Å². The first-order valence-corrected chi connectivity index (χ1v) is 9.31. The van der Waals surface area contributed by atoms with E-state index in [0.717, 1.165) is 21.1 Å². The number of aromatic nitrogens is 3. The van der Waals surface area contributed by atoms with E-state index in [2.05, 4.69) is 26.2 Å². The van der Waals surface area contributed by atoms with Gasteiger partial charge in [-0.15, -0.1) is 0 Å². The average Bonchev–Trinajstić information content (AvgIpc) is 3.04. The highest BCUT2D eigenvalue weighted by Gasteiger charge is 2.10. The molecule has 2 heterocycles. The quantitative estimate of drug-likeness (QED) is 0.543. The molecule has 0 bridgehead atoms. The fourth-order valence-electron chi connectivity index (χ4n) is 3.14. The first-order valence-electron chi connectivity index (χ1n) is 8.51. The van der Waals surface area contributed by atoms with Crippen LogP contribution in [0.15, 0.2) is 64.3 Å². The molecule has 0 atom stereocenters. The summed E-state index contributed by atoms with van der Waals surface area (Å²) < 4.78 is 4.29. The molecule has 0 aliphatic heterocycles. The zero-order valence-corrected chi connectivity index (χ0v) is 16.2. The highest BCUT2D eigenvalue weighted by Crippen LogP contribution is 2.24. The van der Waals surface area contributed by atoms with Crippen molar-refractivity contribution in [1.82, 2.24) is 14.1 Å². The monoisotopic (exact) mass is 424 g/mol. The van der Waals surface area contributed by atoms with Gasteiger partial charge in [-0.1, -0.05) is 22.0 Å². The lowest BCUT2D eigenvalue weighted by Crippen LogP contribution is -2.23. The first-order chi connectivity index (χ1) is 13.0. The number of hydrogen-bond acceptors (Lipinski definition) is 3. The van der Waals surface area contributed by atoms with Gasteiger partial charge in [0.05, 0.1) is 22.9 Å². The third-order valence-electron chi connectivity index (χ3n) is 4.57. The summed E-state index contributed by atoms with van der Waals surface area (Å²) in [5.41, 5.74) is 2.30. The largest absolute Gasteiger partial charge is 0.350 e. The van der Waals surface area contributed by atoms with Crippen LogP contribution in [0.2, 0.25) is 0 Å². The molecule has 0 spiro atoms. The molecule has 4 rings (SSSR count). The van der Waals surface area contributed by atoms with Crippen molar-refractivity contribution in [3.63, 3.8) is 0 Å². The second-order valence-corrected chi connectivity index (χ2v) is 7.28. The number of nitrogens with zero attached hydrogens (tertiary/aromatic N) is 3. The maximum Gasteiger partial charge on any atom is 0.261 e. The summed E-state index contributed by atoms with van der Waals surface area (Å²) in [6.07, 6.45) is 3.63. The third-order valence-corrected chi connectivity index (χ3v) is 5.06. The number of amides is 1. The number of benzene rings is 2. The lowest BCUT2D eigenvalue weighted by Gasteiger charge is -2.09. The Morgan fingerprint density at radius 2 is 2.04 bits per heavy atom. The van der Waals surface area contributed by atoms with Gasteiger partial charge in [0, 0.05) is 41.6 Å². The zero-order chi connectivity index (χ0) is 19.0. The molecule has 136 valence electrons. The number of fused-ring (bicyclic) bond motifs is 2. The molecule has 0 aliphatic rings. The fourth-order valence-corrected chi connectivity index (χ4v) is 3.50. The molecule has 0 aliphatic carbocycles. The van der Waals surface area contributed by atoms with Crippen LogP contribution in [0.1, 0.15) is 6.42 Å². The number of carbonyl (C=O) groups is 1. The van der Waals surface area contributed by atoms with Crippen LogP contribution in [0.5, 0.6) is 0 Å². The molecule has 7 heteroatoms. The molecule has 27 heavy (non-hydrogen) atoms. The fraction of sp³-hybridized carbons (Fsp3) is 0.150. The molecule has 0 saturated heterocycles. The Morgan fingerprint density at radius 3 is 2.89 bits per heavy atom. The second-order valence-electron chi connectivity index (χ2n) is 6.37. The molecule has 2 aromatic heterocycles. The van der Waals surface area contributed by atoms with Crippen molar-refractivity contribution in [2.24, 2.45) is 7.05 Å². The molecule has 0 fully saturated rings. The van der Waals surface area contributed by atoms with Crippen LogP contribution in [0, 0.1) is 0 Å². The summed E-state index contributed by atoms with van der Waals surface area (Å²) in [6, 6.07) is 13.1. The van der Waals surface area contributed by atoms with Crippen molar-refractivity contribution in [2.45, 2.75) is 13.0 Å². The average molecular weight is 425 g/mol. The van der Waals surface area contributed by atoms with Crippen LogP contribution in [-0.4, -0.2) is 20.0 Å². The Labute approximate surface area is 163 Å². The van der Waals surface area contributed by atoms with Crippen LogP contribution in [0.25, 0.3) is 21.8 Å². The van der Waals surface area contributed by atoms with Gasteiger partial charge < -0.3 is 9.88 Å². The summed E-state index contributed by atoms with van der Waals surface area (Å²) in [5.74, 6) is -0.146. The molecule has 0 unspecified atom stereocenters. The molecule has 4 aromatic rings. The zero-order valence-electron chi connectivity index (χ0n) is 14.6. The molecule has 0 radical (unpaired) electrons. The van der Waals surface area contributed by atoms with Crippen molar-refractivity contribution in [1.29, 1.82) is 0 Å². The Bertz CT molecular complexity index is 1230. The van der Waals surface area contributed by atoms with E-state index >= 15 is 0 Å². The third kappa shape index (κ3) is 3.38. The highest BCUT2D eigenvalue weighted by molar-refractivity contribution is 9.10. The van der Waals surface area contributed by atoms with Crippen LogP contribution >= 0.6 is 15.9 Å². The van der Waals surface area contributed by atoms with E-state index in [1.54, 1.807) is 12.1 Å². The summed E-state index contributed by atoms with van der Waals surface area (Å²) >= 11 is 3.37. The van der Waals surface area contributed by atoms with Gasteiger partial charge in [0.2, 0.25) is 5.91 Å². The van der Waals surface area contributed by atoms with E-state index in [0.29, 0.717) is 10.9 Å². The summed E-state index contributed by atoms with van der Waals surface area (Å²) in [4.78, 5) is 29.3. The van der Waals surface area contributed by atoms with Gasteiger partial charge in [0.1, 0.15) is 0 Å². The smallest absolute Gasteiger partial charge is 0.261 e. The van der Waals surface area contributed by atoms with E-state index in [1.165, 1.54) is 10.9 Å². The van der Waals surface area contributed by atoms with E-state index in [1.807, 2.05) is 48.1 Å². The number of halogens is 1. The molecular weight excluding hydrogens is 408 g/mol. The number of nitrogens with one attached hydrogen (secondary N) is 1. The standard InChI is InChI=1S/C20H17BrN4O2/c1-24-9-7-14-17(3-2-4-18(14)24)23-19(26)8-10-25-12-22-16-6-5-13(21)11-15(16)20(25)27/h2-7,9,11-12H,8,10H2,1H3,(H,23,26).